The van der Waals surface area contributed by atoms with Gasteiger partial charge in [0, 0.05) is 19.7 Å². The lowest BCUT2D eigenvalue weighted by molar-refractivity contribution is -0.131. The molecule has 0 atom stereocenters. The predicted octanol–water partition coefficient (Wildman–Crippen LogP) is 3.46. The fourth-order valence-corrected chi connectivity index (χ4v) is 2.67. The van der Waals surface area contributed by atoms with Crippen molar-refractivity contribution < 1.29 is 14.4 Å². The number of nitrogens with one attached hydrogen (secondary N) is 3. The second-order valence-corrected chi connectivity index (χ2v) is 6.82. The number of para-hydroxylation sites is 1. The molecule has 148 valence electrons. The summed E-state index contributed by atoms with van der Waals surface area (Å²) in [4.78, 5) is 36.8. The Balaban J connectivity index is 1.89. The number of carbonyl (C=O) groups excluding carboxylic acids is 3. The van der Waals surface area contributed by atoms with Crippen LogP contribution in [0, 0.1) is 0 Å². The highest BCUT2D eigenvalue weighted by molar-refractivity contribution is 6.34. The fourth-order valence-electron chi connectivity index (χ4n) is 2.30. The van der Waals surface area contributed by atoms with Crippen LogP contribution in [0.2, 0.25) is 10.0 Å². The molecule has 2 aromatic carbocycles. The van der Waals surface area contributed by atoms with Crippen molar-refractivity contribution in [3.63, 3.8) is 0 Å². The van der Waals surface area contributed by atoms with Gasteiger partial charge in [-0.25, -0.2) is 0 Å². The highest BCUT2D eigenvalue weighted by atomic mass is 35.5. The monoisotopic (exact) mass is 422 g/mol. The maximum absolute atomic E-state index is 12.3. The Morgan fingerprint density at radius 2 is 1.64 bits per heavy atom. The van der Waals surface area contributed by atoms with Gasteiger partial charge < -0.3 is 20.9 Å². The van der Waals surface area contributed by atoms with Crippen molar-refractivity contribution in [2.24, 2.45) is 0 Å². The number of likely N-dealkylation sites (N-methyl/N-ethyl adjacent to an activating group) is 1. The SMILES string of the molecule is CC(=O)Nc1ccc(Cl)c(NCC(=O)N(C)CC(=O)Nc2ccccc2Cl)c1. The number of rotatable bonds is 7. The van der Waals surface area contributed by atoms with Gasteiger partial charge in [0.2, 0.25) is 17.7 Å². The molecule has 0 saturated heterocycles. The Labute approximate surface area is 173 Å². The third-order valence-electron chi connectivity index (χ3n) is 3.67. The number of halogens is 2. The minimum Gasteiger partial charge on any atom is -0.375 e. The first-order valence-electron chi connectivity index (χ1n) is 8.35. The average Bonchev–Trinajstić information content (AvgIpc) is 2.63. The molecule has 0 aliphatic rings. The van der Waals surface area contributed by atoms with Crippen molar-refractivity contribution in [1.82, 2.24) is 4.90 Å². The lowest BCUT2D eigenvalue weighted by Gasteiger charge is -2.18. The van der Waals surface area contributed by atoms with E-state index in [1.165, 1.54) is 18.9 Å². The molecule has 0 aromatic heterocycles. The van der Waals surface area contributed by atoms with Crippen LogP contribution in [-0.4, -0.2) is 42.8 Å². The van der Waals surface area contributed by atoms with Crippen LogP contribution in [0.1, 0.15) is 6.92 Å². The van der Waals surface area contributed by atoms with Gasteiger partial charge in [0.05, 0.1) is 34.5 Å². The molecule has 3 amide bonds. The molecule has 2 aromatic rings. The summed E-state index contributed by atoms with van der Waals surface area (Å²) in [5.74, 6) is -0.890. The standard InChI is InChI=1S/C19H20Cl2N4O3/c1-12(26)23-13-7-8-15(21)17(9-13)22-10-19(28)25(2)11-18(27)24-16-6-4-3-5-14(16)20/h3-9,22H,10-11H2,1-2H3,(H,23,26)(H,24,27). The molecular formula is C19H20Cl2N4O3. The summed E-state index contributed by atoms with van der Waals surface area (Å²) in [6.45, 7) is 1.19. The summed E-state index contributed by atoms with van der Waals surface area (Å²) < 4.78 is 0. The first-order valence-corrected chi connectivity index (χ1v) is 9.11. The number of hydrogen-bond acceptors (Lipinski definition) is 4. The summed E-state index contributed by atoms with van der Waals surface area (Å²) >= 11 is 12.1. The Morgan fingerprint density at radius 1 is 0.964 bits per heavy atom. The number of amides is 3. The predicted molar refractivity (Wildman–Crippen MR) is 112 cm³/mol. The maximum Gasteiger partial charge on any atom is 0.244 e. The lowest BCUT2D eigenvalue weighted by atomic mass is 10.2. The Hall–Kier alpha value is -2.77. The van der Waals surface area contributed by atoms with Crippen molar-refractivity contribution in [1.29, 1.82) is 0 Å². The van der Waals surface area contributed by atoms with Gasteiger partial charge in [0.15, 0.2) is 0 Å². The van der Waals surface area contributed by atoms with Crippen LogP contribution >= 0.6 is 23.2 Å². The summed E-state index contributed by atoms with van der Waals surface area (Å²) in [5, 5.41) is 9.03. The molecule has 2 rings (SSSR count). The highest BCUT2D eigenvalue weighted by Gasteiger charge is 2.14. The van der Waals surface area contributed by atoms with Crippen LogP contribution in [0.4, 0.5) is 17.1 Å². The van der Waals surface area contributed by atoms with E-state index in [-0.39, 0.29) is 30.8 Å². The number of hydrogen-bond donors (Lipinski definition) is 3. The molecule has 9 heteroatoms. The summed E-state index contributed by atoms with van der Waals surface area (Å²) in [7, 11) is 1.52. The second-order valence-electron chi connectivity index (χ2n) is 6.01. The molecular weight excluding hydrogens is 403 g/mol. The van der Waals surface area contributed by atoms with Gasteiger partial charge in [0.25, 0.3) is 0 Å². The van der Waals surface area contributed by atoms with E-state index >= 15 is 0 Å². The molecule has 0 radical (unpaired) electrons. The van der Waals surface area contributed by atoms with E-state index in [2.05, 4.69) is 16.0 Å². The molecule has 0 aliphatic heterocycles. The first kappa shape index (κ1) is 21.5. The van der Waals surface area contributed by atoms with Gasteiger partial charge in [-0.3, -0.25) is 14.4 Å². The molecule has 0 saturated carbocycles. The van der Waals surface area contributed by atoms with Crippen LogP contribution in [0.25, 0.3) is 0 Å². The molecule has 0 heterocycles. The molecule has 0 bridgehead atoms. The van der Waals surface area contributed by atoms with Crippen molar-refractivity contribution in [2.45, 2.75) is 6.92 Å². The first-order chi connectivity index (χ1) is 13.3. The van der Waals surface area contributed by atoms with E-state index < -0.39 is 0 Å². The normalized spacial score (nSPS) is 10.1. The van der Waals surface area contributed by atoms with E-state index in [1.54, 1.807) is 42.5 Å². The van der Waals surface area contributed by atoms with Gasteiger partial charge >= 0.3 is 0 Å². The van der Waals surface area contributed by atoms with E-state index in [1.807, 2.05) is 0 Å². The van der Waals surface area contributed by atoms with Gasteiger partial charge in [-0.15, -0.1) is 0 Å². The molecule has 0 aliphatic carbocycles. The molecule has 28 heavy (non-hydrogen) atoms. The number of nitrogens with zero attached hydrogens (tertiary/aromatic N) is 1. The van der Waals surface area contributed by atoms with Gasteiger partial charge in [0.1, 0.15) is 0 Å². The van der Waals surface area contributed by atoms with Gasteiger partial charge in [-0.2, -0.15) is 0 Å². The van der Waals surface area contributed by atoms with Crippen molar-refractivity contribution in [3.8, 4) is 0 Å². The van der Waals surface area contributed by atoms with Crippen molar-refractivity contribution in [3.05, 3.63) is 52.5 Å². The Kier molecular flexibility index (Phi) is 7.66. The summed E-state index contributed by atoms with van der Waals surface area (Å²) in [6.07, 6.45) is 0. The van der Waals surface area contributed by atoms with E-state index in [4.69, 9.17) is 23.2 Å². The van der Waals surface area contributed by atoms with Crippen molar-refractivity contribution >= 4 is 58.0 Å². The van der Waals surface area contributed by atoms with Crippen LogP contribution in [0.3, 0.4) is 0 Å². The van der Waals surface area contributed by atoms with Crippen LogP contribution in [0.5, 0.6) is 0 Å². The second kappa shape index (κ2) is 9.96. The smallest absolute Gasteiger partial charge is 0.244 e. The minimum absolute atomic E-state index is 0.0703. The third-order valence-corrected chi connectivity index (χ3v) is 4.33. The van der Waals surface area contributed by atoms with Crippen LogP contribution in [-0.2, 0) is 14.4 Å². The highest BCUT2D eigenvalue weighted by Crippen LogP contribution is 2.25. The number of carbonyl (C=O) groups is 3. The summed E-state index contributed by atoms with van der Waals surface area (Å²) in [6, 6.07) is 11.7. The Bertz CT molecular complexity index is 889. The van der Waals surface area contributed by atoms with Gasteiger partial charge in [-0.05, 0) is 30.3 Å². The fraction of sp³-hybridized carbons (Fsp3) is 0.211. The van der Waals surface area contributed by atoms with E-state index in [9.17, 15) is 14.4 Å². The Morgan fingerprint density at radius 3 is 2.32 bits per heavy atom. The molecule has 0 unspecified atom stereocenters. The van der Waals surface area contributed by atoms with Crippen LogP contribution in [0.15, 0.2) is 42.5 Å². The molecule has 0 spiro atoms. The zero-order valence-electron chi connectivity index (χ0n) is 15.4. The average molecular weight is 423 g/mol. The van der Waals surface area contributed by atoms with E-state index in [0.29, 0.717) is 27.1 Å². The quantitative estimate of drug-likeness (QED) is 0.636. The van der Waals surface area contributed by atoms with Gasteiger partial charge in [-0.1, -0.05) is 35.3 Å². The largest absolute Gasteiger partial charge is 0.375 e. The zero-order chi connectivity index (χ0) is 20.7. The molecule has 7 nitrogen and oxygen atoms in total. The topological polar surface area (TPSA) is 90.5 Å². The van der Waals surface area contributed by atoms with Crippen LogP contribution < -0.4 is 16.0 Å². The third kappa shape index (κ3) is 6.44. The number of benzene rings is 2. The van der Waals surface area contributed by atoms with Crippen molar-refractivity contribution in [2.75, 3.05) is 36.1 Å². The minimum atomic E-state index is -0.366. The lowest BCUT2D eigenvalue weighted by Crippen LogP contribution is -2.38. The van der Waals surface area contributed by atoms with E-state index in [0.717, 1.165) is 0 Å². The zero-order valence-corrected chi connectivity index (χ0v) is 16.9. The number of anilines is 3. The summed E-state index contributed by atoms with van der Waals surface area (Å²) in [5.41, 5.74) is 1.53. The molecule has 3 N–H and O–H groups in total. The molecule has 0 fully saturated rings. The maximum atomic E-state index is 12.3.